The first-order chi connectivity index (χ1) is 10.5. The topological polar surface area (TPSA) is 90.3 Å². The molecular formula is C17H21N3O2. The van der Waals surface area contributed by atoms with Gasteiger partial charge in [-0.25, -0.2) is 0 Å². The molecule has 1 heterocycles. The molecule has 1 aliphatic carbocycles. The molecule has 1 aliphatic heterocycles. The predicted molar refractivity (Wildman–Crippen MR) is 81.9 cm³/mol. The van der Waals surface area contributed by atoms with Crippen molar-refractivity contribution in [1.29, 1.82) is 5.26 Å². The van der Waals surface area contributed by atoms with E-state index < -0.39 is 11.5 Å². The first-order valence-corrected chi connectivity index (χ1v) is 7.79. The van der Waals surface area contributed by atoms with E-state index in [2.05, 4.69) is 17.0 Å². The Morgan fingerprint density at radius 3 is 2.50 bits per heavy atom. The zero-order valence-corrected chi connectivity index (χ0v) is 12.5. The summed E-state index contributed by atoms with van der Waals surface area (Å²) in [5.41, 5.74) is 5.81. The van der Waals surface area contributed by atoms with Crippen molar-refractivity contribution in [2.75, 3.05) is 13.1 Å². The highest BCUT2D eigenvalue weighted by atomic mass is 16.3. The molecule has 0 spiro atoms. The summed E-state index contributed by atoms with van der Waals surface area (Å²) in [5.74, 6) is -0.191. The van der Waals surface area contributed by atoms with Gasteiger partial charge in [-0.3, -0.25) is 9.69 Å². The average Bonchev–Trinajstić information content (AvgIpc) is 2.52. The highest BCUT2D eigenvalue weighted by Gasteiger charge is 2.48. The lowest BCUT2D eigenvalue weighted by Crippen LogP contribution is -2.70. The number of nitrogens with two attached hydrogens (primary N) is 1. The van der Waals surface area contributed by atoms with Crippen LogP contribution < -0.4 is 5.73 Å². The molecule has 5 nitrogen and oxygen atoms in total. The maximum Gasteiger partial charge on any atom is 0.252 e. The van der Waals surface area contributed by atoms with Crippen molar-refractivity contribution in [3.63, 3.8) is 0 Å². The third kappa shape index (κ3) is 2.60. The van der Waals surface area contributed by atoms with E-state index in [4.69, 9.17) is 5.73 Å². The number of nitriles is 1. The van der Waals surface area contributed by atoms with Crippen molar-refractivity contribution >= 4 is 5.91 Å². The molecule has 0 radical (unpaired) electrons. The van der Waals surface area contributed by atoms with Gasteiger partial charge in [0.25, 0.3) is 5.91 Å². The average molecular weight is 299 g/mol. The fourth-order valence-electron chi connectivity index (χ4n) is 3.75. The highest BCUT2D eigenvalue weighted by molar-refractivity contribution is 5.84. The summed E-state index contributed by atoms with van der Waals surface area (Å²) >= 11 is 0. The summed E-state index contributed by atoms with van der Waals surface area (Å²) in [6.07, 6.45) is 4.13. The first-order valence-electron chi connectivity index (χ1n) is 7.79. The second-order valence-corrected chi connectivity index (χ2v) is 6.51. The van der Waals surface area contributed by atoms with Gasteiger partial charge >= 0.3 is 0 Å². The van der Waals surface area contributed by atoms with Crippen molar-refractivity contribution in [2.24, 2.45) is 5.73 Å². The Morgan fingerprint density at radius 1 is 1.27 bits per heavy atom. The number of carbonyl (C=O) groups is 1. The van der Waals surface area contributed by atoms with Crippen molar-refractivity contribution in [3.8, 4) is 6.07 Å². The van der Waals surface area contributed by atoms with Crippen LogP contribution in [0.4, 0.5) is 0 Å². The second-order valence-electron chi connectivity index (χ2n) is 6.51. The summed E-state index contributed by atoms with van der Waals surface area (Å²) in [6, 6.07) is 10.5. The molecule has 0 unspecified atom stereocenters. The molecule has 1 aromatic rings. The Bertz CT molecular complexity index is 609. The molecule has 2 fully saturated rings. The summed E-state index contributed by atoms with van der Waals surface area (Å²) in [7, 11) is 0. The number of nitrogens with zero attached hydrogens (tertiary/aromatic N) is 2. The summed E-state index contributed by atoms with van der Waals surface area (Å²) in [4.78, 5) is 13.3. The van der Waals surface area contributed by atoms with Crippen LogP contribution in [0.2, 0.25) is 0 Å². The zero-order chi connectivity index (χ0) is 15.7. The van der Waals surface area contributed by atoms with Crippen molar-refractivity contribution < 1.29 is 9.90 Å². The van der Waals surface area contributed by atoms with Crippen LogP contribution in [0.25, 0.3) is 0 Å². The van der Waals surface area contributed by atoms with Gasteiger partial charge in [0.1, 0.15) is 0 Å². The number of aliphatic hydroxyl groups is 1. The Labute approximate surface area is 130 Å². The van der Waals surface area contributed by atoms with E-state index in [1.807, 2.05) is 18.2 Å². The van der Waals surface area contributed by atoms with Crippen LogP contribution in [-0.2, 0) is 4.79 Å². The minimum absolute atomic E-state index is 0.354. The van der Waals surface area contributed by atoms with Gasteiger partial charge in [0, 0.05) is 19.1 Å². The van der Waals surface area contributed by atoms with Gasteiger partial charge in [0.2, 0.25) is 0 Å². The zero-order valence-electron chi connectivity index (χ0n) is 12.5. The Hall–Kier alpha value is -1.90. The van der Waals surface area contributed by atoms with Crippen LogP contribution in [0.3, 0.4) is 0 Å². The van der Waals surface area contributed by atoms with Gasteiger partial charge in [0.05, 0.1) is 11.6 Å². The molecule has 1 saturated heterocycles. The van der Waals surface area contributed by atoms with E-state index in [0.717, 1.165) is 36.8 Å². The number of β-amino-alcohol motifs (C(OH)–C–C–N with tert-alkyl or cyclic N) is 1. The molecular weight excluding hydrogens is 278 g/mol. The van der Waals surface area contributed by atoms with Crippen LogP contribution in [-0.4, -0.2) is 40.6 Å². The number of primary amides is 1. The number of hydrogen-bond donors (Lipinski definition) is 2. The molecule has 1 amide bonds. The molecule has 22 heavy (non-hydrogen) atoms. The predicted octanol–water partition coefficient (Wildman–Crippen LogP) is 1.12. The maximum atomic E-state index is 11.2. The van der Waals surface area contributed by atoms with Gasteiger partial charge in [-0.05, 0) is 43.2 Å². The van der Waals surface area contributed by atoms with Crippen LogP contribution in [0.15, 0.2) is 24.3 Å². The maximum absolute atomic E-state index is 11.2. The number of amides is 1. The quantitative estimate of drug-likeness (QED) is 0.875. The third-order valence-electron chi connectivity index (χ3n) is 5.12. The van der Waals surface area contributed by atoms with E-state index in [-0.39, 0.29) is 0 Å². The van der Waals surface area contributed by atoms with E-state index >= 15 is 0 Å². The van der Waals surface area contributed by atoms with E-state index in [0.29, 0.717) is 25.0 Å². The van der Waals surface area contributed by atoms with Gasteiger partial charge in [-0.15, -0.1) is 0 Å². The Morgan fingerprint density at radius 2 is 1.91 bits per heavy atom. The molecule has 116 valence electrons. The smallest absolute Gasteiger partial charge is 0.252 e. The summed E-state index contributed by atoms with van der Waals surface area (Å²) < 4.78 is 0. The standard InChI is InChI=1S/C17H21N3O2/c18-9-13-3-1-2-4-15(13)12-5-7-14(8-6-12)20-10-17(22,11-20)16(19)21/h1-4,12,14,22H,5-8,10-11H2,(H2,19,21). The summed E-state index contributed by atoms with van der Waals surface area (Å²) in [5, 5.41) is 19.2. The largest absolute Gasteiger partial charge is 0.377 e. The molecule has 5 heteroatoms. The molecule has 0 aromatic heterocycles. The van der Waals surface area contributed by atoms with E-state index in [1.54, 1.807) is 0 Å². The van der Waals surface area contributed by atoms with Crippen molar-refractivity contribution in [2.45, 2.75) is 43.2 Å². The minimum atomic E-state index is -1.33. The van der Waals surface area contributed by atoms with Gasteiger partial charge < -0.3 is 10.8 Å². The molecule has 3 N–H and O–H groups in total. The minimum Gasteiger partial charge on any atom is -0.377 e. The van der Waals surface area contributed by atoms with Crippen LogP contribution in [0.5, 0.6) is 0 Å². The fourth-order valence-corrected chi connectivity index (χ4v) is 3.75. The van der Waals surface area contributed by atoms with Crippen LogP contribution >= 0.6 is 0 Å². The van der Waals surface area contributed by atoms with E-state index in [1.165, 1.54) is 0 Å². The molecule has 0 atom stereocenters. The Kier molecular flexibility index (Phi) is 3.90. The van der Waals surface area contributed by atoms with Crippen LogP contribution in [0.1, 0.15) is 42.7 Å². The lowest BCUT2D eigenvalue weighted by Gasteiger charge is -2.49. The molecule has 0 bridgehead atoms. The van der Waals surface area contributed by atoms with E-state index in [9.17, 15) is 15.2 Å². The lowest BCUT2D eigenvalue weighted by molar-refractivity contribution is -0.161. The van der Waals surface area contributed by atoms with Gasteiger partial charge in [0.15, 0.2) is 5.60 Å². The Balaban J connectivity index is 1.58. The number of likely N-dealkylation sites (tertiary alicyclic amines) is 1. The van der Waals surface area contributed by atoms with Crippen LogP contribution in [0, 0.1) is 11.3 Å². The molecule has 3 rings (SSSR count). The first kappa shape index (κ1) is 15.0. The normalized spacial score (nSPS) is 27.6. The fraction of sp³-hybridized carbons (Fsp3) is 0.529. The molecule has 2 aliphatic rings. The lowest BCUT2D eigenvalue weighted by atomic mass is 9.78. The number of rotatable bonds is 3. The number of benzene rings is 1. The van der Waals surface area contributed by atoms with Crippen molar-refractivity contribution in [1.82, 2.24) is 4.90 Å². The number of hydrogen-bond acceptors (Lipinski definition) is 4. The molecule has 1 aromatic carbocycles. The monoisotopic (exact) mass is 299 g/mol. The van der Waals surface area contributed by atoms with Gasteiger partial charge in [-0.2, -0.15) is 5.26 Å². The highest BCUT2D eigenvalue weighted by Crippen LogP contribution is 2.38. The van der Waals surface area contributed by atoms with Gasteiger partial charge in [-0.1, -0.05) is 18.2 Å². The second kappa shape index (κ2) is 5.71. The summed E-state index contributed by atoms with van der Waals surface area (Å²) in [6.45, 7) is 0.707. The molecule has 1 saturated carbocycles. The number of carbonyl (C=O) groups excluding carboxylic acids is 1. The van der Waals surface area contributed by atoms with Crippen molar-refractivity contribution in [3.05, 3.63) is 35.4 Å². The third-order valence-corrected chi connectivity index (χ3v) is 5.12. The SMILES string of the molecule is N#Cc1ccccc1C1CCC(N2CC(O)(C(N)=O)C2)CC1.